The lowest BCUT2D eigenvalue weighted by Crippen LogP contribution is -2.32. The van der Waals surface area contributed by atoms with Crippen molar-refractivity contribution in [3.8, 4) is 16.9 Å². The Hall–Kier alpha value is -2.85. The van der Waals surface area contributed by atoms with Gasteiger partial charge in [0.25, 0.3) is 5.91 Å². The number of rotatable bonds is 5. The van der Waals surface area contributed by atoms with Gasteiger partial charge in [0, 0.05) is 24.2 Å². The number of hydrogen-bond acceptors (Lipinski definition) is 5. The lowest BCUT2D eigenvalue weighted by atomic mass is 10.0. The van der Waals surface area contributed by atoms with Crippen LogP contribution in [-0.2, 0) is 22.9 Å². The van der Waals surface area contributed by atoms with Gasteiger partial charge in [-0.2, -0.15) is 13.2 Å². The number of ether oxygens (including phenoxy) is 1. The van der Waals surface area contributed by atoms with E-state index < -0.39 is 28.0 Å². The molecule has 0 aliphatic carbocycles. The van der Waals surface area contributed by atoms with Gasteiger partial charge in [0.2, 0.25) is 0 Å². The molecule has 1 aliphatic rings. The molecule has 1 aliphatic heterocycles. The predicted octanol–water partition coefficient (Wildman–Crippen LogP) is 5.61. The van der Waals surface area contributed by atoms with Gasteiger partial charge in [-0.25, -0.2) is 8.42 Å². The van der Waals surface area contributed by atoms with E-state index in [0.29, 0.717) is 0 Å². The average Bonchev–Trinajstić information content (AvgIpc) is 3.37. The van der Waals surface area contributed by atoms with E-state index in [1.165, 1.54) is 9.78 Å². The molecule has 2 heterocycles. The first-order valence-electron chi connectivity index (χ1n) is 10.4. The molecule has 0 N–H and O–H groups in total. The number of sulfone groups is 1. The van der Waals surface area contributed by atoms with Gasteiger partial charge in [-0.05, 0) is 71.8 Å². The minimum Gasteiger partial charge on any atom is -0.480 e. The van der Waals surface area contributed by atoms with Crippen molar-refractivity contribution in [1.29, 1.82) is 0 Å². The summed E-state index contributed by atoms with van der Waals surface area (Å²) in [6.45, 7) is 3.36. The molecule has 0 bridgehead atoms. The maximum Gasteiger partial charge on any atom is 0.425 e. The van der Waals surface area contributed by atoms with E-state index >= 15 is 0 Å². The number of nitrogens with zero attached hydrogens (tertiary/aromatic N) is 1. The van der Waals surface area contributed by atoms with Gasteiger partial charge in [-0.15, -0.1) is 11.3 Å². The fourth-order valence-corrected chi connectivity index (χ4v) is 5.11. The van der Waals surface area contributed by atoms with Crippen LogP contribution in [-0.4, -0.2) is 37.8 Å². The van der Waals surface area contributed by atoms with E-state index in [9.17, 15) is 26.4 Å². The smallest absolute Gasteiger partial charge is 0.425 e. The second-order valence-corrected chi connectivity index (χ2v) is 11.5. The van der Waals surface area contributed by atoms with Crippen LogP contribution in [0, 0.1) is 6.92 Å². The van der Waals surface area contributed by atoms with Crippen molar-refractivity contribution < 1.29 is 31.1 Å². The fraction of sp³-hybridized carbons (Fsp3) is 0.292. The molecule has 0 radical (unpaired) electrons. The summed E-state index contributed by atoms with van der Waals surface area (Å²) in [5.41, 5.74) is 3.72. The van der Waals surface area contributed by atoms with E-state index in [0.717, 1.165) is 53.6 Å². The van der Waals surface area contributed by atoms with Gasteiger partial charge in [0.1, 0.15) is 5.75 Å². The van der Waals surface area contributed by atoms with Crippen molar-refractivity contribution in [2.24, 2.45) is 0 Å². The molecule has 4 rings (SSSR count). The summed E-state index contributed by atoms with van der Waals surface area (Å²) in [5.74, 6) is -0.911. The Morgan fingerprint density at radius 1 is 1.06 bits per heavy atom. The number of halogens is 3. The molecule has 3 aromatic rings. The van der Waals surface area contributed by atoms with Crippen molar-refractivity contribution >= 4 is 27.1 Å². The third-order valence-electron chi connectivity index (χ3n) is 5.65. The van der Waals surface area contributed by atoms with E-state index in [1.54, 1.807) is 11.3 Å². The summed E-state index contributed by atoms with van der Waals surface area (Å²) in [6, 6.07) is 11.3. The Morgan fingerprint density at radius 2 is 1.76 bits per heavy atom. The van der Waals surface area contributed by atoms with Gasteiger partial charge in [0.15, 0.2) is 15.9 Å². The van der Waals surface area contributed by atoms with E-state index in [1.807, 2.05) is 25.1 Å². The molecule has 34 heavy (non-hydrogen) atoms. The molecule has 1 atom stereocenters. The van der Waals surface area contributed by atoms with Gasteiger partial charge in [0.05, 0.1) is 10.5 Å². The Kier molecular flexibility index (Phi) is 6.24. The van der Waals surface area contributed by atoms with Crippen LogP contribution >= 0.6 is 11.3 Å². The zero-order chi connectivity index (χ0) is 24.8. The first-order valence-corrected chi connectivity index (χ1v) is 13.1. The van der Waals surface area contributed by atoms with Crippen LogP contribution in [0.1, 0.15) is 33.3 Å². The largest absolute Gasteiger partial charge is 0.480 e. The molecule has 180 valence electrons. The molecular formula is C24H22F3NO4S2. The van der Waals surface area contributed by atoms with Crippen molar-refractivity contribution in [1.82, 2.24) is 4.90 Å². The number of fused-ring (bicyclic) bond motifs is 1. The van der Waals surface area contributed by atoms with Gasteiger partial charge < -0.3 is 9.64 Å². The molecule has 10 heteroatoms. The highest BCUT2D eigenvalue weighted by atomic mass is 32.2. The van der Waals surface area contributed by atoms with Gasteiger partial charge in [-0.3, -0.25) is 4.79 Å². The summed E-state index contributed by atoms with van der Waals surface area (Å²) in [7, 11) is -3.69. The first kappa shape index (κ1) is 24.3. The summed E-state index contributed by atoms with van der Waals surface area (Å²) in [6.07, 6.45) is -5.85. The second-order valence-electron chi connectivity index (χ2n) is 8.32. The maximum absolute atomic E-state index is 13.4. The minimum atomic E-state index is -4.64. The van der Waals surface area contributed by atoms with Crippen LogP contribution in [0.25, 0.3) is 11.1 Å². The average molecular weight is 510 g/mol. The summed E-state index contributed by atoms with van der Waals surface area (Å²) in [4.78, 5) is 15.9. The minimum absolute atomic E-state index is 0.172. The van der Waals surface area contributed by atoms with Gasteiger partial charge in [-0.1, -0.05) is 12.1 Å². The molecule has 1 aromatic heterocycles. The number of alkyl halides is 3. The fourth-order valence-electron chi connectivity index (χ4n) is 3.75. The number of aryl methyl sites for hydroxylation is 1. The lowest BCUT2D eigenvalue weighted by Gasteiger charge is -2.22. The normalized spacial score (nSPS) is 14.7. The molecule has 2 aromatic carbocycles. The number of amides is 1. The van der Waals surface area contributed by atoms with E-state index in [2.05, 4.69) is 11.4 Å². The number of thiophene rings is 1. The third-order valence-corrected chi connectivity index (χ3v) is 7.63. The molecule has 5 nitrogen and oxygen atoms in total. The second kappa shape index (κ2) is 8.74. The summed E-state index contributed by atoms with van der Waals surface area (Å²) in [5, 5.41) is 2.05. The van der Waals surface area contributed by atoms with E-state index in [4.69, 9.17) is 4.74 Å². The number of carbonyl (C=O) groups is 1. The van der Waals surface area contributed by atoms with Crippen LogP contribution in [0.4, 0.5) is 13.2 Å². The van der Waals surface area contributed by atoms with Crippen LogP contribution in [0.3, 0.4) is 0 Å². The highest BCUT2D eigenvalue weighted by molar-refractivity contribution is 7.90. The zero-order valence-electron chi connectivity index (χ0n) is 18.6. The van der Waals surface area contributed by atoms with Crippen molar-refractivity contribution in [3.63, 3.8) is 0 Å². The van der Waals surface area contributed by atoms with Gasteiger partial charge >= 0.3 is 6.18 Å². The topological polar surface area (TPSA) is 63.7 Å². The quantitative estimate of drug-likeness (QED) is 0.448. The zero-order valence-corrected chi connectivity index (χ0v) is 20.3. The van der Waals surface area contributed by atoms with Crippen LogP contribution in [0.15, 0.2) is 52.7 Å². The van der Waals surface area contributed by atoms with E-state index in [-0.39, 0.29) is 29.3 Å². The lowest BCUT2D eigenvalue weighted by molar-refractivity contribution is -0.189. The Balaban J connectivity index is 1.65. The van der Waals surface area contributed by atoms with Crippen molar-refractivity contribution in [3.05, 3.63) is 69.4 Å². The van der Waals surface area contributed by atoms with Crippen molar-refractivity contribution in [2.45, 2.75) is 44.1 Å². The Bertz CT molecular complexity index is 1360. The molecule has 0 saturated heterocycles. The molecule has 1 amide bonds. The SMILES string of the molecule is Cc1cc(-c2ccc3c(c2)CN(C(=O)c2cc(S(C)(=O)=O)ccc2O[C@@H](C)C(F)(F)F)C3)cs1. The number of benzene rings is 2. The molecular weight excluding hydrogens is 487 g/mol. The maximum atomic E-state index is 13.4. The molecule has 0 saturated carbocycles. The highest BCUT2D eigenvalue weighted by Gasteiger charge is 2.39. The standard InChI is InChI=1S/C24H22F3NO4S2/c1-14-8-19(13-33-14)16-4-5-17-11-28(12-18(17)9-16)23(29)21-10-20(34(3,30)31)6-7-22(21)32-15(2)24(25,26)27/h4-10,13,15H,11-12H2,1-3H3/t15-/m0/s1. The van der Waals surface area contributed by atoms with Crippen LogP contribution in [0.2, 0.25) is 0 Å². The number of hydrogen-bond donors (Lipinski definition) is 0. The first-order chi connectivity index (χ1) is 15.8. The third kappa shape index (κ3) is 4.97. The monoisotopic (exact) mass is 509 g/mol. The van der Waals surface area contributed by atoms with Crippen LogP contribution < -0.4 is 4.74 Å². The molecule has 0 spiro atoms. The molecule has 0 unspecified atom stereocenters. The Labute approximate surface area is 199 Å². The highest BCUT2D eigenvalue weighted by Crippen LogP contribution is 2.34. The summed E-state index contributed by atoms with van der Waals surface area (Å²) >= 11 is 1.64. The Morgan fingerprint density at radius 3 is 2.38 bits per heavy atom. The predicted molar refractivity (Wildman–Crippen MR) is 124 cm³/mol. The van der Waals surface area contributed by atoms with Crippen LogP contribution in [0.5, 0.6) is 5.75 Å². The van der Waals surface area contributed by atoms with Crippen molar-refractivity contribution in [2.75, 3.05) is 6.26 Å². The molecule has 0 fully saturated rings. The number of carbonyl (C=O) groups excluding carboxylic acids is 1. The summed E-state index contributed by atoms with van der Waals surface area (Å²) < 4.78 is 68.3.